The fourth-order valence-corrected chi connectivity index (χ4v) is 1.60. The summed E-state index contributed by atoms with van der Waals surface area (Å²) in [6.07, 6.45) is -1.27. The largest absolute Gasteiger partial charge is 0.481 e. The van der Waals surface area contributed by atoms with Crippen molar-refractivity contribution >= 4 is 5.91 Å². The normalized spacial score (nSPS) is 13.7. The number of rotatable bonds is 7. The Hall–Kier alpha value is -1.59. The molecule has 0 saturated carbocycles. The maximum absolute atomic E-state index is 11.7. The monoisotopic (exact) mass is 267 g/mol. The van der Waals surface area contributed by atoms with Gasteiger partial charge < -0.3 is 19.9 Å². The molecule has 1 aromatic carbocycles. The van der Waals surface area contributed by atoms with Gasteiger partial charge in [-0.25, -0.2) is 0 Å². The van der Waals surface area contributed by atoms with Gasteiger partial charge in [0.15, 0.2) is 6.10 Å². The number of carbonyl (C=O) groups excluding carboxylic acids is 1. The Morgan fingerprint density at radius 3 is 2.68 bits per heavy atom. The van der Waals surface area contributed by atoms with E-state index in [1.54, 1.807) is 39.2 Å². The van der Waals surface area contributed by atoms with Crippen molar-refractivity contribution in [1.82, 2.24) is 5.32 Å². The van der Waals surface area contributed by atoms with Gasteiger partial charge in [0.25, 0.3) is 5.91 Å². The van der Waals surface area contributed by atoms with Crippen LogP contribution in [0.3, 0.4) is 0 Å². The van der Waals surface area contributed by atoms with Crippen LogP contribution < -0.4 is 10.1 Å². The van der Waals surface area contributed by atoms with Gasteiger partial charge in [0, 0.05) is 19.2 Å². The molecule has 1 rings (SSSR count). The van der Waals surface area contributed by atoms with E-state index in [1.807, 2.05) is 6.07 Å². The quantitative estimate of drug-likeness (QED) is 0.730. The first kappa shape index (κ1) is 15.5. The molecule has 1 amide bonds. The van der Waals surface area contributed by atoms with Crippen LogP contribution in [0.15, 0.2) is 24.3 Å². The molecule has 0 radical (unpaired) electrons. The Morgan fingerprint density at radius 2 is 2.05 bits per heavy atom. The first-order chi connectivity index (χ1) is 9.06. The van der Waals surface area contributed by atoms with E-state index in [1.165, 1.54) is 0 Å². The van der Waals surface area contributed by atoms with Gasteiger partial charge in [-0.3, -0.25) is 4.79 Å². The highest BCUT2D eigenvalue weighted by molar-refractivity contribution is 5.80. The highest BCUT2D eigenvalue weighted by Gasteiger charge is 2.16. The van der Waals surface area contributed by atoms with E-state index in [0.29, 0.717) is 24.5 Å². The van der Waals surface area contributed by atoms with Crippen molar-refractivity contribution in [1.29, 1.82) is 0 Å². The van der Waals surface area contributed by atoms with Gasteiger partial charge in [-0.2, -0.15) is 0 Å². The van der Waals surface area contributed by atoms with Gasteiger partial charge in [0.2, 0.25) is 0 Å². The summed E-state index contributed by atoms with van der Waals surface area (Å²) >= 11 is 0. The van der Waals surface area contributed by atoms with Gasteiger partial charge in [0.1, 0.15) is 5.75 Å². The average Bonchev–Trinajstić information content (AvgIpc) is 2.39. The molecule has 0 aliphatic rings. The maximum Gasteiger partial charge on any atom is 0.260 e. The van der Waals surface area contributed by atoms with Crippen molar-refractivity contribution in [3.63, 3.8) is 0 Å². The fourth-order valence-electron chi connectivity index (χ4n) is 1.60. The zero-order chi connectivity index (χ0) is 14.3. The number of carbonyl (C=O) groups is 1. The van der Waals surface area contributed by atoms with Crippen LogP contribution in [-0.2, 0) is 9.53 Å². The minimum atomic E-state index is -0.639. The van der Waals surface area contributed by atoms with Crippen LogP contribution in [0.2, 0.25) is 0 Å². The van der Waals surface area contributed by atoms with Gasteiger partial charge in [-0.1, -0.05) is 18.2 Å². The lowest BCUT2D eigenvalue weighted by Gasteiger charge is -2.18. The smallest absolute Gasteiger partial charge is 0.260 e. The molecule has 5 heteroatoms. The van der Waals surface area contributed by atoms with Crippen LogP contribution in [0.5, 0.6) is 5.75 Å². The van der Waals surface area contributed by atoms with Crippen LogP contribution in [0.1, 0.15) is 25.5 Å². The number of hydrogen-bond acceptors (Lipinski definition) is 4. The SMILES string of the molecule is COCCNC(=O)C(C)Oc1ccccc1[C@@H](C)O. The van der Waals surface area contributed by atoms with Gasteiger partial charge in [-0.05, 0) is 19.9 Å². The summed E-state index contributed by atoms with van der Waals surface area (Å²) in [4.78, 5) is 11.7. The zero-order valence-electron chi connectivity index (χ0n) is 11.6. The molecule has 0 fully saturated rings. The van der Waals surface area contributed by atoms with Crippen molar-refractivity contribution in [3.05, 3.63) is 29.8 Å². The van der Waals surface area contributed by atoms with Crippen LogP contribution in [-0.4, -0.2) is 37.4 Å². The predicted octanol–water partition coefficient (Wildman–Crippen LogP) is 1.27. The molecule has 5 nitrogen and oxygen atoms in total. The zero-order valence-corrected chi connectivity index (χ0v) is 11.6. The fraction of sp³-hybridized carbons (Fsp3) is 0.500. The second-order valence-electron chi connectivity index (χ2n) is 4.26. The molecule has 0 spiro atoms. The lowest BCUT2D eigenvalue weighted by Crippen LogP contribution is -2.38. The van der Waals surface area contributed by atoms with E-state index >= 15 is 0 Å². The van der Waals surface area contributed by atoms with E-state index in [0.717, 1.165) is 0 Å². The Balaban J connectivity index is 2.61. The van der Waals surface area contributed by atoms with Crippen molar-refractivity contribution in [3.8, 4) is 5.75 Å². The van der Waals surface area contributed by atoms with Crippen LogP contribution in [0.4, 0.5) is 0 Å². The van der Waals surface area contributed by atoms with Crippen molar-refractivity contribution in [2.75, 3.05) is 20.3 Å². The molecular formula is C14H21NO4. The number of hydrogen-bond donors (Lipinski definition) is 2. The average molecular weight is 267 g/mol. The maximum atomic E-state index is 11.7. The van der Waals surface area contributed by atoms with E-state index in [-0.39, 0.29) is 5.91 Å². The molecule has 2 N–H and O–H groups in total. The minimum absolute atomic E-state index is 0.211. The molecule has 106 valence electrons. The Morgan fingerprint density at radius 1 is 1.37 bits per heavy atom. The molecule has 0 aromatic heterocycles. The second kappa shape index (κ2) is 7.76. The summed E-state index contributed by atoms with van der Waals surface area (Å²) < 4.78 is 10.4. The van der Waals surface area contributed by atoms with E-state index in [4.69, 9.17) is 9.47 Å². The Bertz CT molecular complexity index is 406. The number of aliphatic hydroxyl groups is 1. The van der Waals surface area contributed by atoms with Crippen LogP contribution >= 0.6 is 0 Å². The highest BCUT2D eigenvalue weighted by atomic mass is 16.5. The number of amides is 1. The van der Waals surface area contributed by atoms with Crippen LogP contribution in [0, 0.1) is 0 Å². The molecule has 0 saturated heterocycles. The summed E-state index contributed by atoms with van der Waals surface area (Å²) in [6.45, 7) is 4.23. The lowest BCUT2D eigenvalue weighted by atomic mass is 10.1. The lowest BCUT2D eigenvalue weighted by molar-refractivity contribution is -0.127. The number of aliphatic hydroxyl groups excluding tert-OH is 1. The van der Waals surface area contributed by atoms with Crippen molar-refractivity contribution in [2.24, 2.45) is 0 Å². The molecule has 19 heavy (non-hydrogen) atoms. The number of methoxy groups -OCH3 is 1. The minimum Gasteiger partial charge on any atom is -0.481 e. The first-order valence-corrected chi connectivity index (χ1v) is 6.26. The molecule has 0 aliphatic heterocycles. The third-order valence-electron chi connectivity index (χ3n) is 2.65. The Labute approximate surface area is 113 Å². The summed E-state index contributed by atoms with van der Waals surface area (Å²) in [5, 5.41) is 12.3. The molecule has 0 aliphatic carbocycles. The van der Waals surface area contributed by atoms with E-state index in [2.05, 4.69) is 5.32 Å². The third-order valence-corrected chi connectivity index (χ3v) is 2.65. The molecule has 2 atom stereocenters. The van der Waals surface area contributed by atoms with Crippen molar-refractivity contribution in [2.45, 2.75) is 26.1 Å². The summed E-state index contributed by atoms with van der Waals surface area (Å²) in [7, 11) is 1.57. The van der Waals surface area contributed by atoms with E-state index < -0.39 is 12.2 Å². The first-order valence-electron chi connectivity index (χ1n) is 6.26. The molecule has 1 aromatic rings. The van der Waals surface area contributed by atoms with E-state index in [9.17, 15) is 9.90 Å². The highest BCUT2D eigenvalue weighted by Crippen LogP contribution is 2.25. The summed E-state index contributed by atoms with van der Waals surface area (Å²) in [5.41, 5.74) is 0.666. The summed E-state index contributed by atoms with van der Waals surface area (Å²) in [5.74, 6) is 0.310. The number of nitrogens with one attached hydrogen (secondary N) is 1. The van der Waals surface area contributed by atoms with Crippen molar-refractivity contribution < 1.29 is 19.4 Å². The molecule has 1 unspecified atom stereocenters. The molecular weight excluding hydrogens is 246 g/mol. The van der Waals surface area contributed by atoms with Gasteiger partial charge in [-0.15, -0.1) is 0 Å². The summed E-state index contributed by atoms with van der Waals surface area (Å²) in [6, 6.07) is 7.13. The number of benzene rings is 1. The Kier molecular flexibility index (Phi) is 6.32. The molecule has 0 bridgehead atoms. The number of para-hydroxylation sites is 1. The topological polar surface area (TPSA) is 67.8 Å². The number of ether oxygens (including phenoxy) is 2. The van der Waals surface area contributed by atoms with Crippen LogP contribution in [0.25, 0.3) is 0 Å². The third kappa shape index (κ3) is 4.89. The predicted molar refractivity (Wildman–Crippen MR) is 72.1 cm³/mol. The molecule has 0 heterocycles. The standard InChI is InChI=1S/C14H21NO4/c1-10(16)12-6-4-5-7-13(12)19-11(2)14(17)15-8-9-18-3/h4-7,10-11,16H,8-9H2,1-3H3,(H,15,17)/t10-,11?/m1/s1. The second-order valence-corrected chi connectivity index (χ2v) is 4.26. The van der Waals surface area contributed by atoms with Gasteiger partial charge >= 0.3 is 0 Å². The van der Waals surface area contributed by atoms with Gasteiger partial charge in [0.05, 0.1) is 12.7 Å².